The maximum Gasteiger partial charge on any atom is 0.238 e. The van der Waals surface area contributed by atoms with Crippen molar-refractivity contribution in [1.82, 2.24) is 9.97 Å². The second kappa shape index (κ2) is 7.64. The van der Waals surface area contributed by atoms with Gasteiger partial charge in [0.1, 0.15) is 22.9 Å². The molecule has 7 heteroatoms. The molecule has 0 aliphatic carbocycles. The number of fused-ring (bicyclic) bond motifs is 1. The molecular weight excluding hydrogens is 428 g/mol. The molecular formula is C25H25ClN2O4. The summed E-state index contributed by atoms with van der Waals surface area (Å²) in [5.41, 5.74) is 1.52. The lowest BCUT2D eigenvalue weighted by Gasteiger charge is -2.43. The van der Waals surface area contributed by atoms with E-state index in [-0.39, 0.29) is 11.6 Å². The highest BCUT2D eigenvalue weighted by Crippen LogP contribution is 2.41. The van der Waals surface area contributed by atoms with Crippen LogP contribution in [0.5, 0.6) is 11.6 Å². The number of hydrogen-bond acceptors (Lipinski definition) is 6. The molecule has 0 saturated carbocycles. The number of carbonyl (C=O) groups excluding carboxylic acids is 2. The molecule has 0 atom stereocenters. The summed E-state index contributed by atoms with van der Waals surface area (Å²) in [5.74, 6) is -0.460. The second-order valence-corrected chi connectivity index (χ2v) is 9.63. The summed E-state index contributed by atoms with van der Waals surface area (Å²) in [6.07, 6.45) is 1.54. The number of ether oxygens (including phenoxy) is 2. The largest absolute Gasteiger partial charge is 0.437 e. The van der Waals surface area contributed by atoms with E-state index in [0.717, 1.165) is 11.1 Å². The molecule has 1 aliphatic rings. The fourth-order valence-corrected chi connectivity index (χ4v) is 4.57. The first-order chi connectivity index (χ1) is 14.9. The zero-order chi connectivity index (χ0) is 23.4. The summed E-state index contributed by atoms with van der Waals surface area (Å²) in [7, 11) is 0. The molecule has 1 saturated heterocycles. The van der Waals surface area contributed by atoms with Crippen molar-refractivity contribution in [1.29, 1.82) is 0 Å². The molecule has 1 fully saturated rings. The van der Waals surface area contributed by atoms with E-state index in [1.54, 1.807) is 45.9 Å². The fraction of sp³-hybridized carbons (Fsp3) is 0.360. The van der Waals surface area contributed by atoms with Gasteiger partial charge in [0.2, 0.25) is 5.88 Å². The Bertz CT molecular complexity index is 1220. The van der Waals surface area contributed by atoms with E-state index < -0.39 is 17.1 Å². The lowest BCUT2D eigenvalue weighted by molar-refractivity contribution is -0.184. The van der Waals surface area contributed by atoms with E-state index in [0.29, 0.717) is 33.2 Å². The third-order valence-electron chi connectivity index (χ3n) is 5.78. The first kappa shape index (κ1) is 22.4. The summed E-state index contributed by atoms with van der Waals surface area (Å²) in [6.45, 7) is 10.6. The molecule has 2 aromatic carbocycles. The van der Waals surface area contributed by atoms with E-state index in [9.17, 15) is 9.59 Å². The van der Waals surface area contributed by atoms with Crippen LogP contribution in [-0.4, -0.2) is 32.7 Å². The summed E-state index contributed by atoms with van der Waals surface area (Å²) < 4.78 is 11.8. The van der Waals surface area contributed by atoms with Crippen LogP contribution in [0.4, 0.5) is 0 Å². The highest BCUT2D eigenvalue weighted by Gasteiger charge is 2.53. The number of ketones is 2. The maximum atomic E-state index is 13.2. The van der Waals surface area contributed by atoms with Gasteiger partial charge in [-0.1, -0.05) is 11.6 Å². The van der Waals surface area contributed by atoms with Gasteiger partial charge < -0.3 is 9.47 Å². The van der Waals surface area contributed by atoms with Crippen molar-refractivity contribution >= 4 is 34.2 Å². The van der Waals surface area contributed by atoms with Gasteiger partial charge in [-0.2, -0.15) is 0 Å². The van der Waals surface area contributed by atoms with Gasteiger partial charge in [-0.15, -0.1) is 0 Å². The number of aryl methyl sites for hydroxylation is 2. The number of halogens is 1. The first-order valence-electron chi connectivity index (χ1n) is 10.4. The molecule has 0 amide bonds. The van der Waals surface area contributed by atoms with Crippen LogP contribution in [0.15, 0.2) is 36.5 Å². The molecule has 2 heterocycles. The van der Waals surface area contributed by atoms with E-state index in [1.165, 1.54) is 6.20 Å². The van der Waals surface area contributed by atoms with Crippen LogP contribution in [-0.2, 0) is 14.3 Å². The van der Waals surface area contributed by atoms with Crippen LogP contribution in [0.1, 0.15) is 50.3 Å². The molecule has 6 nitrogen and oxygen atoms in total. The number of benzene rings is 2. The number of carbonyl (C=O) groups is 2. The fourth-order valence-electron chi connectivity index (χ4n) is 4.40. The number of aromatic nitrogens is 2. The molecule has 1 aromatic heterocycles. The molecule has 0 spiro atoms. The molecule has 3 aromatic rings. The van der Waals surface area contributed by atoms with E-state index >= 15 is 0 Å². The third kappa shape index (κ3) is 3.89. The second-order valence-electron chi connectivity index (χ2n) is 9.20. The van der Waals surface area contributed by atoms with Gasteiger partial charge in [0.15, 0.2) is 11.6 Å². The number of nitrogens with zero attached hydrogens (tertiary/aromatic N) is 2. The smallest absolute Gasteiger partial charge is 0.238 e. The number of rotatable bonds is 3. The topological polar surface area (TPSA) is 78.4 Å². The standard InChI is InChI=1S/C25H25ClN2O4/c1-13-9-16(31-19-12-27-18-11-15(26)7-8-17(18)28-19)10-14(2)20(13)21-22(29)24(3,4)32-25(5,6)23(21)30/h7-12,21H,1-6H3. The van der Waals surface area contributed by atoms with Crippen LogP contribution in [0.3, 0.4) is 0 Å². The Morgan fingerprint density at radius 3 is 2.12 bits per heavy atom. The molecule has 0 bridgehead atoms. The minimum Gasteiger partial charge on any atom is -0.437 e. The van der Waals surface area contributed by atoms with Crippen molar-refractivity contribution < 1.29 is 19.1 Å². The van der Waals surface area contributed by atoms with Crippen LogP contribution < -0.4 is 4.74 Å². The van der Waals surface area contributed by atoms with Crippen LogP contribution in [0, 0.1) is 13.8 Å². The van der Waals surface area contributed by atoms with Gasteiger partial charge >= 0.3 is 0 Å². The Hall–Kier alpha value is -2.83. The van der Waals surface area contributed by atoms with Crippen molar-refractivity contribution in [2.24, 2.45) is 0 Å². The van der Waals surface area contributed by atoms with Gasteiger partial charge in [0.25, 0.3) is 0 Å². The monoisotopic (exact) mass is 452 g/mol. The molecule has 1 aliphatic heterocycles. The van der Waals surface area contributed by atoms with Crippen LogP contribution in [0.25, 0.3) is 11.0 Å². The first-order valence-corrected chi connectivity index (χ1v) is 10.8. The van der Waals surface area contributed by atoms with Crippen molar-refractivity contribution in [2.45, 2.75) is 58.7 Å². The summed E-state index contributed by atoms with van der Waals surface area (Å²) in [5, 5.41) is 0.589. The predicted octanol–water partition coefficient (Wildman–Crippen LogP) is 5.50. The summed E-state index contributed by atoms with van der Waals surface area (Å²) >= 11 is 6.00. The zero-order valence-electron chi connectivity index (χ0n) is 18.9. The van der Waals surface area contributed by atoms with Crippen molar-refractivity contribution in [3.05, 3.63) is 58.2 Å². The highest BCUT2D eigenvalue weighted by atomic mass is 35.5. The molecule has 32 heavy (non-hydrogen) atoms. The van der Waals surface area contributed by atoms with Gasteiger partial charge in [-0.05, 0) is 88.6 Å². The highest BCUT2D eigenvalue weighted by molar-refractivity contribution is 6.31. The molecule has 0 N–H and O–H groups in total. The molecule has 0 unspecified atom stereocenters. The zero-order valence-corrected chi connectivity index (χ0v) is 19.7. The lowest BCUT2D eigenvalue weighted by atomic mass is 9.73. The normalized spacial score (nSPS) is 18.2. The third-order valence-corrected chi connectivity index (χ3v) is 6.02. The summed E-state index contributed by atoms with van der Waals surface area (Å²) in [6, 6.07) is 8.89. The van der Waals surface area contributed by atoms with Crippen LogP contribution in [0.2, 0.25) is 5.02 Å². The molecule has 166 valence electrons. The van der Waals surface area contributed by atoms with E-state index in [1.807, 2.05) is 26.0 Å². The van der Waals surface area contributed by atoms with Gasteiger partial charge in [0.05, 0.1) is 17.2 Å². The van der Waals surface area contributed by atoms with Crippen molar-refractivity contribution in [3.63, 3.8) is 0 Å². The van der Waals surface area contributed by atoms with E-state index in [4.69, 9.17) is 21.1 Å². The average molecular weight is 453 g/mol. The van der Waals surface area contributed by atoms with Crippen LogP contribution >= 0.6 is 11.6 Å². The van der Waals surface area contributed by atoms with E-state index in [2.05, 4.69) is 9.97 Å². The van der Waals surface area contributed by atoms with Crippen molar-refractivity contribution in [3.8, 4) is 11.6 Å². The number of hydrogen-bond donors (Lipinski definition) is 0. The van der Waals surface area contributed by atoms with Gasteiger partial charge in [0, 0.05) is 5.02 Å². The number of Topliss-reactive ketones (excluding diaryl/α,β-unsaturated/α-hetero) is 2. The Balaban J connectivity index is 1.70. The Labute approximate surface area is 191 Å². The molecule has 4 rings (SSSR count). The maximum absolute atomic E-state index is 13.2. The SMILES string of the molecule is Cc1cc(Oc2cnc3cc(Cl)ccc3n2)cc(C)c1C1C(=O)C(C)(C)OC(C)(C)C1=O. The average Bonchev–Trinajstić information content (AvgIpc) is 2.68. The van der Waals surface area contributed by atoms with Gasteiger partial charge in [-0.3, -0.25) is 9.59 Å². The van der Waals surface area contributed by atoms with Gasteiger partial charge in [-0.25, -0.2) is 9.97 Å². The quantitative estimate of drug-likeness (QED) is 0.488. The minimum atomic E-state index is -1.06. The lowest BCUT2D eigenvalue weighted by Crippen LogP contribution is -2.58. The minimum absolute atomic E-state index is 0.235. The molecule has 0 radical (unpaired) electrons. The summed E-state index contributed by atoms with van der Waals surface area (Å²) in [4.78, 5) is 35.2. The Morgan fingerprint density at radius 2 is 1.53 bits per heavy atom. The Morgan fingerprint density at radius 1 is 0.938 bits per heavy atom. The Kier molecular flexibility index (Phi) is 5.34. The predicted molar refractivity (Wildman–Crippen MR) is 123 cm³/mol. The van der Waals surface area contributed by atoms with Crippen molar-refractivity contribution in [2.75, 3.05) is 0 Å².